The van der Waals surface area contributed by atoms with Gasteiger partial charge in [-0.25, -0.2) is 4.79 Å². The minimum Gasteiger partial charge on any atom is -0.493 e. The molecule has 0 aliphatic heterocycles. The number of hydrogen-bond donors (Lipinski definition) is 1. The minimum absolute atomic E-state index is 0.120. The molecule has 1 unspecified atom stereocenters. The molecule has 0 bridgehead atoms. The van der Waals surface area contributed by atoms with Crippen LogP contribution in [0.15, 0.2) is 12.1 Å². The molecule has 0 aromatic heterocycles. The molecular weight excluding hydrogens is 248 g/mol. The summed E-state index contributed by atoms with van der Waals surface area (Å²) in [5.41, 5.74) is 1.21. The Labute approximate surface area is 113 Å². The first-order valence-electron chi connectivity index (χ1n) is 5.98. The zero-order chi connectivity index (χ0) is 14.6. The molecule has 0 heterocycles. The van der Waals surface area contributed by atoms with E-state index in [1.165, 1.54) is 21.3 Å². The topological polar surface area (TPSA) is 65.0 Å². The van der Waals surface area contributed by atoms with E-state index >= 15 is 0 Å². The molecule has 0 saturated carbocycles. The van der Waals surface area contributed by atoms with E-state index in [0.717, 1.165) is 5.56 Å². The van der Waals surface area contributed by atoms with E-state index in [0.29, 0.717) is 17.1 Å². The summed E-state index contributed by atoms with van der Waals surface area (Å²) < 4.78 is 15.1. The molecule has 1 rings (SSSR count). The van der Waals surface area contributed by atoms with Crippen LogP contribution in [0.2, 0.25) is 0 Å². The number of hydrogen-bond acceptors (Lipinski definition) is 5. The molecule has 5 heteroatoms. The lowest BCUT2D eigenvalue weighted by Gasteiger charge is -2.21. The summed E-state index contributed by atoms with van der Waals surface area (Å²) in [4.78, 5) is 11.6. The molecule has 0 amide bonds. The van der Waals surface area contributed by atoms with E-state index in [-0.39, 0.29) is 5.92 Å². The Morgan fingerprint density at radius 2 is 1.79 bits per heavy atom. The highest BCUT2D eigenvalue weighted by molar-refractivity contribution is 5.78. The van der Waals surface area contributed by atoms with Crippen molar-refractivity contribution in [3.8, 4) is 11.5 Å². The van der Waals surface area contributed by atoms with E-state index in [4.69, 9.17) is 9.47 Å². The molecule has 1 atom stereocenters. The Morgan fingerprint density at radius 1 is 1.16 bits per heavy atom. The van der Waals surface area contributed by atoms with Gasteiger partial charge in [0.1, 0.15) is 0 Å². The molecule has 0 fully saturated rings. The lowest BCUT2D eigenvalue weighted by atomic mass is 9.92. The first-order chi connectivity index (χ1) is 8.97. The second kappa shape index (κ2) is 6.43. The van der Waals surface area contributed by atoms with Crippen LogP contribution in [0.1, 0.15) is 37.0 Å². The van der Waals surface area contributed by atoms with Gasteiger partial charge in [-0.05, 0) is 17.5 Å². The van der Waals surface area contributed by atoms with Gasteiger partial charge in [0.2, 0.25) is 0 Å². The van der Waals surface area contributed by atoms with Crippen LogP contribution in [-0.4, -0.2) is 32.4 Å². The fourth-order valence-corrected chi connectivity index (χ4v) is 1.98. The summed E-state index contributed by atoms with van der Waals surface area (Å²) in [6.07, 6.45) is -1.40. The van der Waals surface area contributed by atoms with Crippen molar-refractivity contribution in [2.75, 3.05) is 21.3 Å². The van der Waals surface area contributed by atoms with Gasteiger partial charge >= 0.3 is 5.97 Å². The average Bonchev–Trinajstić information content (AvgIpc) is 2.43. The number of rotatable bonds is 5. The van der Waals surface area contributed by atoms with Crippen LogP contribution in [0.4, 0.5) is 0 Å². The van der Waals surface area contributed by atoms with Crippen LogP contribution in [0.5, 0.6) is 11.5 Å². The van der Waals surface area contributed by atoms with E-state index in [9.17, 15) is 9.90 Å². The van der Waals surface area contributed by atoms with Crippen molar-refractivity contribution in [1.82, 2.24) is 0 Å². The molecule has 0 saturated heterocycles. The second-order valence-corrected chi connectivity index (χ2v) is 4.38. The third kappa shape index (κ3) is 2.98. The Kier molecular flexibility index (Phi) is 5.18. The van der Waals surface area contributed by atoms with Gasteiger partial charge in [0.15, 0.2) is 17.6 Å². The molecule has 1 aromatic rings. The zero-order valence-electron chi connectivity index (χ0n) is 11.9. The quantitative estimate of drug-likeness (QED) is 0.828. The van der Waals surface area contributed by atoms with Gasteiger partial charge in [0, 0.05) is 5.56 Å². The van der Waals surface area contributed by atoms with Gasteiger partial charge < -0.3 is 19.3 Å². The molecule has 0 radical (unpaired) electrons. The molecule has 0 aliphatic carbocycles. The normalized spacial score (nSPS) is 12.2. The summed E-state index contributed by atoms with van der Waals surface area (Å²) in [5.74, 6) is 0.207. The summed E-state index contributed by atoms with van der Waals surface area (Å²) in [6, 6.07) is 3.56. The summed E-state index contributed by atoms with van der Waals surface area (Å²) in [6.45, 7) is 3.93. The standard InChI is InChI=1S/C14H20O5/c1-8(2)9-6-7-10(17-3)13(18-4)11(9)12(15)14(16)19-5/h6-8,12,15H,1-5H3. The summed E-state index contributed by atoms with van der Waals surface area (Å²) in [5, 5.41) is 10.1. The number of aliphatic hydroxyl groups excluding tert-OH is 1. The van der Waals surface area contributed by atoms with Gasteiger partial charge in [0.05, 0.1) is 21.3 Å². The van der Waals surface area contributed by atoms with Crippen molar-refractivity contribution >= 4 is 5.97 Å². The minimum atomic E-state index is -1.40. The molecule has 1 N–H and O–H groups in total. The number of ether oxygens (including phenoxy) is 3. The van der Waals surface area contributed by atoms with Crippen molar-refractivity contribution in [2.24, 2.45) is 0 Å². The predicted molar refractivity (Wildman–Crippen MR) is 70.6 cm³/mol. The van der Waals surface area contributed by atoms with Crippen LogP contribution >= 0.6 is 0 Å². The maximum atomic E-state index is 11.6. The maximum absolute atomic E-state index is 11.6. The fraction of sp³-hybridized carbons (Fsp3) is 0.500. The van der Waals surface area contributed by atoms with Crippen molar-refractivity contribution in [1.29, 1.82) is 0 Å². The maximum Gasteiger partial charge on any atom is 0.339 e. The van der Waals surface area contributed by atoms with Gasteiger partial charge in [-0.15, -0.1) is 0 Å². The van der Waals surface area contributed by atoms with Crippen LogP contribution in [0, 0.1) is 0 Å². The number of aliphatic hydroxyl groups is 1. The number of carbonyl (C=O) groups excluding carboxylic acids is 1. The summed E-state index contributed by atoms with van der Waals surface area (Å²) >= 11 is 0. The first kappa shape index (κ1) is 15.3. The number of esters is 1. The van der Waals surface area contributed by atoms with Crippen molar-refractivity contribution < 1.29 is 24.1 Å². The van der Waals surface area contributed by atoms with Gasteiger partial charge in [-0.3, -0.25) is 0 Å². The number of benzene rings is 1. The van der Waals surface area contributed by atoms with E-state index in [2.05, 4.69) is 4.74 Å². The fourth-order valence-electron chi connectivity index (χ4n) is 1.98. The van der Waals surface area contributed by atoms with Crippen molar-refractivity contribution in [3.05, 3.63) is 23.3 Å². The molecule has 5 nitrogen and oxygen atoms in total. The molecular formula is C14H20O5. The number of carbonyl (C=O) groups is 1. The predicted octanol–water partition coefficient (Wildman–Crippen LogP) is 2.03. The van der Waals surface area contributed by atoms with Gasteiger partial charge in [-0.2, -0.15) is 0 Å². The third-order valence-electron chi connectivity index (χ3n) is 2.94. The van der Waals surface area contributed by atoms with Gasteiger partial charge in [-0.1, -0.05) is 19.9 Å². The van der Waals surface area contributed by atoms with Crippen LogP contribution < -0.4 is 9.47 Å². The molecule has 1 aromatic carbocycles. The smallest absolute Gasteiger partial charge is 0.339 e. The van der Waals surface area contributed by atoms with Crippen LogP contribution in [0.3, 0.4) is 0 Å². The van der Waals surface area contributed by atoms with Crippen molar-refractivity contribution in [3.63, 3.8) is 0 Å². The zero-order valence-corrected chi connectivity index (χ0v) is 11.9. The van der Waals surface area contributed by atoms with E-state index in [1.54, 1.807) is 6.07 Å². The molecule has 0 spiro atoms. The molecule has 106 valence electrons. The Hall–Kier alpha value is -1.75. The SMILES string of the molecule is COC(=O)C(O)c1c(C(C)C)ccc(OC)c1OC. The lowest BCUT2D eigenvalue weighted by Crippen LogP contribution is -2.17. The Balaban J connectivity index is 3.49. The highest BCUT2D eigenvalue weighted by Gasteiger charge is 2.28. The second-order valence-electron chi connectivity index (χ2n) is 4.38. The summed E-state index contributed by atoms with van der Waals surface area (Å²) in [7, 11) is 4.20. The largest absolute Gasteiger partial charge is 0.493 e. The molecule has 0 aliphatic rings. The van der Waals surface area contributed by atoms with E-state index in [1.807, 2.05) is 19.9 Å². The van der Waals surface area contributed by atoms with Crippen LogP contribution in [0.25, 0.3) is 0 Å². The van der Waals surface area contributed by atoms with E-state index < -0.39 is 12.1 Å². The third-order valence-corrected chi connectivity index (χ3v) is 2.94. The Bertz CT molecular complexity index is 453. The Morgan fingerprint density at radius 3 is 2.21 bits per heavy atom. The van der Waals surface area contributed by atoms with Gasteiger partial charge in [0.25, 0.3) is 0 Å². The lowest BCUT2D eigenvalue weighted by molar-refractivity contribution is -0.150. The highest BCUT2D eigenvalue weighted by atomic mass is 16.5. The first-order valence-corrected chi connectivity index (χ1v) is 5.98. The van der Waals surface area contributed by atoms with Crippen LogP contribution in [-0.2, 0) is 9.53 Å². The molecule has 19 heavy (non-hydrogen) atoms. The highest BCUT2D eigenvalue weighted by Crippen LogP contribution is 2.40. The van der Waals surface area contributed by atoms with Crippen molar-refractivity contribution in [2.45, 2.75) is 25.9 Å². The monoisotopic (exact) mass is 268 g/mol. The average molecular weight is 268 g/mol. The number of methoxy groups -OCH3 is 3.